The molecule has 0 amide bonds. The molecule has 1 aromatic heterocycles. The first-order valence-corrected chi connectivity index (χ1v) is 9.29. The van der Waals surface area contributed by atoms with Crippen LogP contribution in [0.3, 0.4) is 0 Å². The number of anilines is 3. The molecule has 0 saturated carbocycles. The van der Waals surface area contributed by atoms with Crippen LogP contribution in [0.4, 0.5) is 17.5 Å². The van der Waals surface area contributed by atoms with E-state index in [0.29, 0.717) is 10.8 Å². The Balaban J connectivity index is 1.70. The van der Waals surface area contributed by atoms with Gasteiger partial charge in [-0.25, -0.2) is 4.98 Å². The van der Waals surface area contributed by atoms with E-state index in [4.69, 9.17) is 17.3 Å². The summed E-state index contributed by atoms with van der Waals surface area (Å²) in [5, 5.41) is 0.542. The van der Waals surface area contributed by atoms with Gasteiger partial charge in [0.25, 0.3) is 0 Å². The lowest BCUT2D eigenvalue weighted by atomic mass is 9.75. The van der Waals surface area contributed by atoms with Gasteiger partial charge in [-0.1, -0.05) is 37.1 Å². The number of nitrogens with two attached hydrogens (primary N) is 1. The molecule has 5 nitrogen and oxygen atoms in total. The zero-order chi connectivity index (χ0) is 17.6. The van der Waals surface area contributed by atoms with Gasteiger partial charge in [0.2, 0.25) is 5.95 Å². The third-order valence-electron chi connectivity index (χ3n) is 5.36. The van der Waals surface area contributed by atoms with Crippen LogP contribution in [0.15, 0.2) is 24.4 Å². The predicted octanol–water partition coefficient (Wildman–Crippen LogP) is 3.53. The van der Waals surface area contributed by atoms with Gasteiger partial charge < -0.3 is 15.5 Å². The van der Waals surface area contributed by atoms with Crippen LogP contribution in [0.5, 0.6) is 0 Å². The first-order chi connectivity index (χ1) is 12.0. The summed E-state index contributed by atoms with van der Waals surface area (Å²) in [4.78, 5) is 13.2. The Morgan fingerprint density at radius 2 is 2.08 bits per heavy atom. The van der Waals surface area contributed by atoms with Crippen molar-refractivity contribution in [1.29, 1.82) is 0 Å². The molecule has 1 fully saturated rings. The van der Waals surface area contributed by atoms with Gasteiger partial charge in [-0.3, -0.25) is 0 Å². The fourth-order valence-electron chi connectivity index (χ4n) is 4.16. The van der Waals surface area contributed by atoms with Crippen molar-refractivity contribution in [3.05, 3.63) is 40.5 Å². The molecule has 2 aliphatic rings. The van der Waals surface area contributed by atoms with E-state index in [0.717, 1.165) is 19.6 Å². The number of halogens is 1. The molecule has 0 atom stereocenters. The first kappa shape index (κ1) is 16.6. The quantitative estimate of drug-likeness (QED) is 0.907. The standard InChI is InChI=1S/C19H24ClN5/c1-3-4-7-24-10-19(11-24)12-25(16-8-13(2)5-6-14(16)19)17-15(20)9-22-18(21)23-17/h5-6,8-9H,3-4,7,10-12H2,1-2H3,(H2,21,22,23). The van der Waals surface area contributed by atoms with Gasteiger partial charge in [0.15, 0.2) is 5.82 Å². The summed E-state index contributed by atoms with van der Waals surface area (Å²) in [7, 11) is 0. The van der Waals surface area contributed by atoms with Crippen molar-refractivity contribution < 1.29 is 0 Å². The molecular formula is C19H24ClN5. The fraction of sp³-hybridized carbons (Fsp3) is 0.474. The summed E-state index contributed by atoms with van der Waals surface area (Å²) in [6, 6.07) is 6.71. The molecule has 4 rings (SSSR count). The van der Waals surface area contributed by atoms with Crippen molar-refractivity contribution >= 4 is 29.1 Å². The minimum absolute atomic E-state index is 0.166. The molecule has 0 aliphatic carbocycles. The average molecular weight is 358 g/mol. The van der Waals surface area contributed by atoms with Crippen molar-refractivity contribution in [3.8, 4) is 0 Å². The number of fused-ring (bicyclic) bond motifs is 2. The lowest BCUT2D eigenvalue weighted by molar-refractivity contribution is 0.0753. The molecule has 132 valence electrons. The molecule has 0 unspecified atom stereocenters. The minimum atomic E-state index is 0.166. The van der Waals surface area contributed by atoms with E-state index in [1.54, 1.807) is 6.20 Å². The Labute approximate surface area is 153 Å². The van der Waals surface area contributed by atoms with E-state index >= 15 is 0 Å². The van der Waals surface area contributed by atoms with Gasteiger partial charge in [0.05, 0.1) is 6.20 Å². The number of rotatable bonds is 4. The summed E-state index contributed by atoms with van der Waals surface area (Å²) in [6.45, 7) is 8.63. The molecule has 2 aromatic rings. The maximum atomic E-state index is 6.40. The van der Waals surface area contributed by atoms with E-state index in [9.17, 15) is 0 Å². The van der Waals surface area contributed by atoms with E-state index in [1.807, 2.05) is 0 Å². The van der Waals surface area contributed by atoms with Gasteiger partial charge in [0.1, 0.15) is 5.02 Å². The highest BCUT2D eigenvalue weighted by atomic mass is 35.5. The average Bonchev–Trinajstić information content (AvgIpc) is 2.88. The van der Waals surface area contributed by atoms with Crippen molar-refractivity contribution in [2.45, 2.75) is 32.1 Å². The summed E-state index contributed by atoms with van der Waals surface area (Å²) < 4.78 is 0. The Kier molecular flexibility index (Phi) is 4.08. The molecule has 0 bridgehead atoms. The molecule has 1 saturated heterocycles. The van der Waals surface area contributed by atoms with Crippen LogP contribution in [-0.4, -0.2) is 41.0 Å². The zero-order valence-electron chi connectivity index (χ0n) is 14.8. The maximum Gasteiger partial charge on any atom is 0.222 e. The number of hydrogen-bond donors (Lipinski definition) is 1. The maximum absolute atomic E-state index is 6.40. The topological polar surface area (TPSA) is 58.3 Å². The molecule has 2 aliphatic heterocycles. The second-order valence-electron chi connectivity index (χ2n) is 7.35. The highest BCUT2D eigenvalue weighted by Crippen LogP contribution is 2.50. The normalized spacial score (nSPS) is 18.4. The van der Waals surface area contributed by atoms with Crippen molar-refractivity contribution in [2.24, 2.45) is 0 Å². The second kappa shape index (κ2) is 6.15. The van der Waals surface area contributed by atoms with Crippen molar-refractivity contribution in [3.63, 3.8) is 0 Å². The van der Waals surface area contributed by atoms with Gasteiger partial charge in [0, 0.05) is 30.7 Å². The summed E-state index contributed by atoms with van der Waals surface area (Å²) >= 11 is 6.40. The second-order valence-corrected chi connectivity index (χ2v) is 7.76. The Morgan fingerprint density at radius 1 is 1.28 bits per heavy atom. The predicted molar refractivity (Wildman–Crippen MR) is 103 cm³/mol. The summed E-state index contributed by atoms with van der Waals surface area (Å²) in [6.07, 6.45) is 4.09. The molecule has 25 heavy (non-hydrogen) atoms. The van der Waals surface area contributed by atoms with Gasteiger partial charge in [-0.15, -0.1) is 0 Å². The third kappa shape index (κ3) is 2.75. The minimum Gasteiger partial charge on any atom is -0.368 e. The van der Waals surface area contributed by atoms with Crippen molar-refractivity contribution in [2.75, 3.05) is 36.8 Å². The van der Waals surface area contributed by atoms with Gasteiger partial charge in [-0.2, -0.15) is 4.98 Å². The Hall–Kier alpha value is -1.85. The number of aryl methyl sites for hydroxylation is 1. The largest absolute Gasteiger partial charge is 0.368 e. The number of hydrogen-bond acceptors (Lipinski definition) is 5. The first-order valence-electron chi connectivity index (χ1n) is 8.91. The highest BCUT2D eigenvalue weighted by molar-refractivity contribution is 6.33. The molecule has 3 heterocycles. The van der Waals surface area contributed by atoms with Crippen molar-refractivity contribution in [1.82, 2.24) is 14.9 Å². The lowest BCUT2D eigenvalue weighted by Gasteiger charge is -2.48. The number of nitrogen functional groups attached to an aromatic ring is 1. The number of aromatic nitrogens is 2. The monoisotopic (exact) mass is 357 g/mol. The Morgan fingerprint density at radius 3 is 2.84 bits per heavy atom. The van der Waals surface area contributed by atoms with Crippen LogP contribution in [-0.2, 0) is 5.41 Å². The fourth-order valence-corrected chi connectivity index (χ4v) is 4.35. The lowest BCUT2D eigenvalue weighted by Crippen LogP contribution is -2.61. The smallest absolute Gasteiger partial charge is 0.222 e. The van der Waals surface area contributed by atoms with Crippen LogP contribution in [0, 0.1) is 6.92 Å². The van der Waals surface area contributed by atoms with Gasteiger partial charge >= 0.3 is 0 Å². The van der Waals surface area contributed by atoms with E-state index in [2.05, 4.69) is 51.8 Å². The molecule has 1 aromatic carbocycles. The number of likely N-dealkylation sites (tertiary alicyclic amines) is 1. The van der Waals surface area contributed by atoms with Crippen LogP contribution in [0.25, 0.3) is 0 Å². The SMILES string of the molecule is CCCCN1CC2(C1)CN(c1nc(N)ncc1Cl)c1cc(C)ccc12. The number of benzene rings is 1. The summed E-state index contributed by atoms with van der Waals surface area (Å²) in [5.74, 6) is 0.970. The number of nitrogens with zero attached hydrogens (tertiary/aromatic N) is 4. The molecule has 0 radical (unpaired) electrons. The van der Waals surface area contributed by atoms with E-state index < -0.39 is 0 Å². The molecule has 2 N–H and O–H groups in total. The van der Waals surface area contributed by atoms with Gasteiger partial charge in [-0.05, 0) is 37.1 Å². The van der Waals surface area contributed by atoms with Crippen LogP contribution < -0.4 is 10.6 Å². The zero-order valence-corrected chi connectivity index (χ0v) is 15.6. The van der Waals surface area contributed by atoms with E-state index in [1.165, 1.54) is 36.2 Å². The Bertz CT molecular complexity index is 800. The van der Waals surface area contributed by atoms with Crippen LogP contribution in [0.1, 0.15) is 30.9 Å². The third-order valence-corrected chi connectivity index (χ3v) is 5.62. The molecule has 1 spiro atoms. The van der Waals surface area contributed by atoms with Crippen LogP contribution >= 0.6 is 11.6 Å². The van der Waals surface area contributed by atoms with Crippen LogP contribution in [0.2, 0.25) is 5.02 Å². The molecular weight excluding hydrogens is 334 g/mol. The highest BCUT2D eigenvalue weighted by Gasteiger charge is 2.51. The van der Waals surface area contributed by atoms with E-state index in [-0.39, 0.29) is 11.4 Å². The number of unbranched alkanes of at least 4 members (excludes halogenated alkanes) is 1. The molecule has 6 heteroatoms. The summed E-state index contributed by atoms with van der Waals surface area (Å²) in [5.41, 5.74) is 9.83.